The van der Waals surface area contributed by atoms with Crippen LogP contribution < -0.4 is 9.47 Å². The molecular weight excluding hydrogens is 656 g/mol. The van der Waals surface area contributed by atoms with Gasteiger partial charge in [-0.2, -0.15) is 0 Å². The van der Waals surface area contributed by atoms with Crippen molar-refractivity contribution in [3.63, 3.8) is 0 Å². The van der Waals surface area contributed by atoms with Gasteiger partial charge in [0.2, 0.25) is 0 Å². The number of hydrogen-bond donors (Lipinski definition) is 4. The Balaban J connectivity index is 1.56. The van der Waals surface area contributed by atoms with Crippen molar-refractivity contribution >= 4 is 31.9 Å². The summed E-state index contributed by atoms with van der Waals surface area (Å²) in [5.41, 5.74) is 7.25. The van der Waals surface area contributed by atoms with E-state index in [0.717, 1.165) is 54.5 Å². The van der Waals surface area contributed by atoms with E-state index in [1.54, 1.807) is 0 Å². The lowest BCUT2D eigenvalue weighted by Crippen LogP contribution is -2.33. The number of nitrogens with one attached hydrogen (secondary N) is 4. The second-order valence-electron chi connectivity index (χ2n) is 13.3. The predicted molar refractivity (Wildman–Crippen MR) is 173 cm³/mol. The standard InChI is InChI=1S/C34H36Br2N4O2/c1-31(2)23-7-11-27(37-23)33(5)17-41-21-15-19(35)20(36)16-22(21)42-18-34(6,28-12-8-24(31)38-28)30-14-10-26(40-30)32(3,4)25-9-13-29(33)39-25/h7-16,37-40H,17-18H2,1-6H3. The van der Waals surface area contributed by atoms with Crippen molar-refractivity contribution in [3.05, 3.63) is 115 Å². The van der Waals surface area contributed by atoms with Gasteiger partial charge in [0.25, 0.3) is 0 Å². The Bertz CT molecular complexity index is 1600. The highest BCUT2D eigenvalue weighted by Crippen LogP contribution is 2.44. The molecule has 1 aromatic carbocycles. The number of rotatable bonds is 0. The molecule has 0 saturated heterocycles. The van der Waals surface area contributed by atoms with Gasteiger partial charge in [-0.05, 0) is 134 Å². The summed E-state index contributed by atoms with van der Waals surface area (Å²) in [5.74, 6) is 1.36. The van der Waals surface area contributed by atoms with E-state index in [9.17, 15) is 0 Å². The van der Waals surface area contributed by atoms with Crippen LogP contribution in [0, 0.1) is 0 Å². The van der Waals surface area contributed by atoms with Crippen LogP contribution in [0.3, 0.4) is 0 Å². The number of hydrogen-bond acceptors (Lipinski definition) is 2. The number of halogens is 2. The first-order chi connectivity index (χ1) is 19.8. The van der Waals surface area contributed by atoms with Crippen LogP contribution in [-0.2, 0) is 21.7 Å². The Morgan fingerprint density at radius 1 is 0.476 bits per heavy atom. The van der Waals surface area contributed by atoms with Crippen LogP contribution in [0.1, 0.15) is 87.1 Å². The largest absolute Gasteiger partial charge is 0.488 e. The highest BCUT2D eigenvalue weighted by Gasteiger charge is 2.41. The first kappa shape index (κ1) is 27.7. The normalized spacial score (nSPS) is 24.0. The number of H-pyrrole nitrogens is 4. The molecule has 4 aromatic heterocycles. The van der Waals surface area contributed by atoms with Crippen LogP contribution in [0.15, 0.2) is 69.6 Å². The molecule has 0 fully saturated rings. The maximum Gasteiger partial charge on any atom is 0.162 e. The van der Waals surface area contributed by atoms with Crippen LogP contribution in [0.4, 0.5) is 0 Å². The SMILES string of the molecule is CC1(C)c2ccc([nH]2)C2(C)COc3cc(Br)c(Br)cc3OCC(C)(c3ccc1[nH]3)c1ccc([nH]1)C(C)(C)c1ccc2[nH]1. The number of aromatic amines is 4. The van der Waals surface area contributed by atoms with Gasteiger partial charge >= 0.3 is 0 Å². The van der Waals surface area contributed by atoms with Gasteiger partial charge in [0.1, 0.15) is 13.2 Å². The molecule has 7 rings (SSSR count). The summed E-state index contributed by atoms with van der Waals surface area (Å²) < 4.78 is 15.3. The molecule has 0 amide bonds. The molecule has 42 heavy (non-hydrogen) atoms. The van der Waals surface area contributed by atoms with Gasteiger partial charge in [0, 0.05) is 65.3 Å². The Kier molecular flexibility index (Phi) is 6.07. The van der Waals surface area contributed by atoms with Crippen molar-refractivity contribution in [2.75, 3.05) is 13.2 Å². The topological polar surface area (TPSA) is 81.6 Å². The fourth-order valence-corrected chi connectivity index (χ4v) is 7.04. The minimum Gasteiger partial charge on any atom is -0.488 e. The van der Waals surface area contributed by atoms with E-state index in [1.165, 1.54) is 0 Å². The Hall–Kier alpha value is -3.10. The third-order valence-electron chi connectivity index (χ3n) is 9.83. The third kappa shape index (κ3) is 4.01. The number of ether oxygens (including phenoxy) is 2. The van der Waals surface area contributed by atoms with E-state index in [4.69, 9.17) is 9.47 Å². The highest BCUT2D eigenvalue weighted by molar-refractivity contribution is 9.13. The number of benzene rings is 1. The molecule has 0 radical (unpaired) electrons. The van der Waals surface area contributed by atoms with Crippen LogP contribution >= 0.6 is 31.9 Å². The first-order valence-electron chi connectivity index (χ1n) is 14.4. The Labute approximate surface area is 263 Å². The van der Waals surface area contributed by atoms with Crippen molar-refractivity contribution in [2.45, 2.75) is 63.2 Å². The summed E-state index contributed by atoms with van der Waals surface area (Å²) in [5, 5.41) is 0. The van der Waals surface area contributed by atoms with Gasteiger partial charge in [-0.15, -0.1) is 0 Å². The highest BCUT2D eigenvalue weighted by atomic mass is 79.9. The van der Waals surface area contributed by atoms with Crippen LogP contribution in [-0.4, -0.2) is 33.1 Å². The molecule has 0 saturated carbocycles. The summed E-state index contributed by atoms with van der Waals surface area (Å²) >= 11 is 7.37. The fourth-order valence-electron chi connectivity index (χ4n) is 6.40. The second-order valence-corrected chi connectivity index (χ2v) is 15.1. The van der Waals surface area contributed by atoms with E-state index in [0.29, 0.717) is 24.7 Å². The zero-order valence-corrected chi connectivity index (χ0v) is 27.9. The lowest BCUT2D eigenvalue weighted by atomic mass is 9.84. The molecule has 2 aliphatic heterocycles. The van der Waals surface area contributed by atoms with Crippen LogP contribution in [0.25, 0.3) is 0 Å². The molecule has 218 valence electrons. The van der Waals surface area contributed by atoms with E-state index < -0.39 is 10.8 Å². The van der Waals surface area contributed by atoms with Crippen molar-refractivity contribution < 1.29 is 9.47 Å². The molecule has 0 atom stereocenters. The lowest BCUT2D eigenvalue weighted by molar-refractivity contribution is 0.210. The summed E-state index contributed by atoms with van der Waals surface area (Å²) in [6, 6.07) is 21.6. The van der Waals surface area contributed by atoms with Gasteiger partial charge < -0.3 is 29.4 Å². The molecule has 0 aliphatic carbocycles. The zero-order valence-electron chi connectivity index (χ0n) is 24.8. The minimum absolute atomic E-state index is 0.292. The fraction of sp³-hybridized carbons (Fsp3) is 0.353. The molecule has 0 spiro atoms. The van der Waals surface area contributed by atoms with Gasteiger partial charge in [-0.1, -0.05) is 0 Å². The van der Waals surface area contributed by atoms with E-state index in [1.807, 2.05) is 12.1 Å². The molecule has 6 nitrogen and oxygen atoms in total. The minimum atomic E-state index is -0.518. The number of fused-ring (bicyclic) bond motifs is 16. The molecular formula is C34H36Br2N4O2. The molecule has 2 aliphatic rings. The summed E-state index contributed by atoms with van der Waals surface area (Å²) in [4.78, 5) is 15.3. The average Bonchev–Trinajstić information content (AvgIpc) is 3.76. The summed E-state index contributed by atoms with van der Waals surface area (Å²) in [6.45, 7) is 14.3. The maximum absolute atomic E-state index is 6.73. The Morgan fingerprint density at radius 2 is 0.738 bits per heavy atom. The lowest BCUT2D eigenvalue weighted by Gasteiger charge is -2.30. The molecule has 8 heteroatoms. The summed E-state index contributed by atoms with van der Waals surface area (Å²) in [7, 11) is 0. The van der Waals surface area contributed by atoms with E-state index in [2.05, 4.69) is 142 Å². The molecule has 5 aromatic rings. The van der Waals surface area contributed by atoms with Crippen molar-refractivity contribution in [3.8, 4) is 11.5 Å². The van der Waals surface area contributed by atoms with E-state index >= 15 is 0 Å². The van der Waals surface area contributed by atoms with Crippen LogP contribution in [0.2, 0.25) is 0 Å². The van der Waals surface area contributed by atoms with Gasteiger partial charge in [-0.3, -0.25) is 0 Å². The first-order valence-corrected chi connectivity index (χ1v) is 16.0. The summed E-state index contributed by atoms with van der Waals surface area (Å²) in [6.07, 6.45) is 0. The zero-order chi connectivity index (χ0) is 29.7. The smallest absolute Gasteiger partial charge is 0.162 e. The quantitative estimate of drug-likeness (QED) is 0.131. The maximum atomic E-state index is 6.73. The van der Waals surface area contributed by atoms with Crippen molar-refractivity contribution in [1.82, 2.24) is 19.9 Å². The third-order valence-corrected chi connectivity index (χ3v) is 11.7. The molecule has 0 unspecified atom stereocenters. The number of aromatic nitrogens is 4. The van der Waals surface area contributed by atoms with E-state index in [-0.39, 0.29) is 10.8 Å². The van der Waals surface area contributed by atoms with Crippen LogP contribution in [0.5, 0.6) is 11.5 Å². The molecule has 4 N–H and O–H groups in total. The monoisotopic (exact) mass is 690 g/mol. The van der Waals surface area contributed by atoms with Crippen molar-refractivity contribution in [1.29, 1.82) is 0 Å². The van der Waals surface area contributed by atoms with Gasteiger partial charge in [-0.25, -0.2) is 0 Å². The Morgan fingerprint density at radius 3 is 1.02 bits per heavy atom. The van der Waals surface area contributed by atoms with Gasteiger partial charge in [0.15, 0.2) is 11.5 Å². The second kappa shape index (κ2) is 9.20. The molecule has 6 heterocycles. The predicted octanol–water partition coefficient (Wildman–Crippen LogP) is 8.57. The van der Waals surface area contributed by atoms with Crippen molar-refractivity contribution in [2.24, 2.45) is 0 Å². The molecule has 10 bridgehead atoms. The average molecular weight is 692 g/mol. The van der Waals surface area contributed by atoms with Gasteiger partial charge in [0.05, 0.1) is 10.8 Å².